The third-order valence-electron chi connectivity index (χ3n) is 3.13. The molecule has 1 aliphatic carbocycles. The molecule has 94 valence electrons. The van der Waals surface area contributed by atoms with Crippen LogP contribution in [0.25, 0.3) is 0 Å². The van der Waals surface area contributed by atoms with E-state index in [0.717, 1.165) is 19.3 Å². The molecule has 2 rings (SSSR count). The minimum atomic E-state index is -0.477. The summed E-state index contributed by atoms with van der Waals surface area (Å²) in [6, 6.07) is 0. The highest BCUT2D eigenvalue weighted by molar-refractivity contribution is 5.38. The quantitative estimate of drug-likeness (QED) is 0.621. The molecule has 0 saturated heterocycles. The van der Waals surface area contributed by atoms with Gasteiger partial charge in [-0.15, -0.1) is 5.10 Å². The van der Waals surface area contributed by atoms with Crippen LogP contribution in [0.15, 0.2) is 6.20 Å². The van der Waals surface area contributed by atoms with Crippen LogP contribution in [0.5, 0.6) is 5.88 Å². The number of hydrogen-bond donors (Lipinski definition) is 1. The Balaban J connectivity index is 2.15. The Bertz CT molecular complexity index is 418. The van der Waals surface area contributed by atoms with Crippen molar-refractivity contribution in [2.24, 2.45) is 18.7 Å². The molecule has 2 atom stereocenters. The number of aryl methyl sites for hydroxylation is 1. The Morgan fingerprint density at radius 3 is 3.12 bits per heavy atom. The Hall–Kier alpha value is -1.63. The minimum absolute atomic E-state index is 0.0476. The maximum absolute atomic E-state index is 10.8. The van der Waals surface area contributed by atoms with E-state index in [9.17, 15) is 10.1 Å². The maximum atomic E-state index is 10.8. The largest absolute Gasteiger partial charge is 0.468 e. The molecule has 1 fully saturated rings. The van der Waals surface area contributed by atoms with Crippen molar-refractivity contribution in [2.75, 3.05) is 6.54 Å². The van der Waals surface area contributed by atoms with E-state index in [1.807, 2.05) is 0 Å². The van der Waals surface area contributed by atoms with Crippen LogP contribution < -0.4 is 10.5 Å². The summed E-state index contributed by atoms with van der Waals surface area (Å²) in [5, 5.41) is 14.8. The number of nitrogens with zero attached hydrogens (tertiary/aromatic N) is 3. The van der Waals surface area contributed by atoms with E-state index in [1.165, 1.54) is 10.9 Å². The van der Waals surface area contributed by atoms with Crippen molar-refractivity contribution in [3.63, 3.8) is 0 Å². The van der Waals surface area contributed by atoms with Crippen LogP contribution in [0.4, 0.5) is 5.69 Å². The summed E-state index contributed by atoms with van der Waals surface area (Å²) in [5.74, 6) is 0.375. The highest BCUT2D eigenvalue weighted by atomic mass is 16.6. The Kier molecular flexibility index (Phi) is 3.28. The van der Waals surface area contributed by atoms with Crippen molar-refractivity contribution >= 4 is 5.69 Å². The number of nitrogens with two attached hydrogens (primary N) is 1. The van der Waals surface area contributed by atoms with Crippen molar-refractivity contribution in [1.82, 2.24) is 9.78 Å². The lowest BCUT2D eigenvalue weighted by molar-refractivity contribution is -0.386. The van der Waals surface area contributed by atoms with Crippen LogP contribution in [0, 0.1) is 16.0 Å². The lowest BCUT2D eigenvalue weighted by Crippen LogP contribution is -2.28. The summed E-state index contributed by atoms with van der Waals surface area (Å²) >= 11 is 0. The van der Waals surface area contributed by atoms with Gasteiger partial charge in [0.2, 0.25) is 0 Å². The van der Waals surface area contributed by atoms with E-state index >= 15 is 0 Å². The van der Waals surface area contributed by atoms with Gasteiger partial charge in [-0.1, -0.05) is 0 Å². The molecule has 0 radical (unpaired) electrons. The predicted molar refractivity (Wildman–Crippen MR) is 60.7 cm³/mol. The first kappa shape index (κ1) is 11.8. The lowest BCUT2D eigenvalue weighted by atomic mass is 10.1. The van der Waals surface area contributed by atoms with Crippen molar-refractivity contribution in [3.8, 4) is 5.88 Å². The van der Waals surface area contributed by atoms with E-state index in [0.29, 0.717) is 6.54 Å². The Morgan fingerprint density at radius 2 is 2.47 bits per heavy atom. The molecule has 17 heavy (non-hydrogen) atoms. The van der Waals surface area contributed by atoms with E-state index < -0.39 is 4.92 Å². The molecule has 0 amide bonds. The number of hydrogen-bond acceptors (Lipinski definition) is 5. The molecule has 0 aromatic carbocycles. The number of aromatic nitrogens is 2. The average Bonchev–Trinajstić information content (AvgIpc) is 2.85. The van der Waals surface area contributed by atoms with Gasteiger partial charge in [-0.2, -0.15) is 0 Å². The van der Waals surface area contributed by atoms with Crippen molar-refractivity contribution in [1.29, 1.82) is 0 Å². The SMILES string of the molecule is Cn1cc([N+](=O)[O-])c(OC2CCCC2CN)n1. The first-order valence-electron chi connectivity index (χ1n) is 5.66. The second-order valence-electron chi connectivity index (χ2n) is 4.33. The van der Waals surface area contributed by atoms with Gasteiger partial charge in [0.25, 0.3) is 0 Å². The van der Waals surface area contributed by atoms with Gasteiger partial charge in [0.05, 0.1) is 4.92 Å². The highest BCUT2D eigenvalue weighted by Gasteiger charge is 2.31. The third kappa shape index (κ3) is 2.38. The zero-order valence-corrected chi connectivity index (χ0v) is 9.70. The summed E-state index contributed by atoms with van der Waals surface area (Å²) < 4.78 is 7.03. The van der Waals surface area contributed by atoms with Crippen LogP contribution >= 0.6 is 0 Å². The van der Waals surface area contributed by atoms with Crippen molar-refractivity contribution in [2.45, 2.75) is 25.4 Å². The minimum Gasteiger partial charge on any atom is -0.468 e. The maximum Gasteiger partial charge on any atom is 0.350 e. The summed E-state index contributed by atoms with van der Waals surface area (Å²) in [6.07, 6.45) is 4.25. The Morgan fingerprint density at radius 1 is 1.71 bits per heavy atom. The van der Waals surface area contributed by atoms with Crippen molar-refractivity contribution in [3.05, 3.63) is 16.3 Å². The van der Waals surface area contributed by atoms with Gasteiger partial charge in [0.15, 0.2) is 0 Å². The number of ether oxygens (including phenoxy) is 1. The molecule has 1 saturated carbocycles. The molecule has 0 bridgehead atoms. The summed E-state index contributed by atoms with van der Waals surface area (Å²) in [4.78, 5) is 10.3. The fraction of sp³-hybridized carbons (Fsp3) is 0.700. The van der Waals surface area contributed by atoms with E-state index in [1.54, 1.807) is 7.05 Å². The summed E-state index contributed by atoms with van der Waals surface area (Å²) in [6.45, 7) is 0.547. The smallest absolute Gasteiger partial charge is 0.350 e. The first-order chi connectivity index (χ1) is 8.11. The average molecular weight is 240 g/mol. The molecule has 1 aliphatic rings. The molecule has 7 nitrogen and oxygen atoms in total. The highest BCUT2D eigenvalue weighted by Crippen LogP contribution is 2.32. The van der Waals surface area contributed by atoms with Gasteiger partial charge in [0.1, 0.15) is 12.3 Å². The van der Waals surface area contributed by atoms with Gasteiger partial charge in [-0.25, -0.2) is 0 Å². The fourth-order valence-corrected chi connectivity index (χ4v) is 2.24. The normalized spacial score (nSPS) is 23.9. The van der Waals surface area contributed by atoms with Gasteiger partial charge in [-0.05, 0) is 25.8 Å². The van der Waals surface area contributed by atoms with Crippen LogP contribution in [-0.4, -0.2) is 27.4 Å². The standard InChI is InChI=1S/C10H16N4O3/c1-13-6-8(14(15)16)10(12-13)17-9-4-2-3-7(9)5-11/h6-7,9H,2-5,11H2,1H3. The van der Waals surface area contributed by atoms with Crippen LogP contribution in [0.1, 0.15) is 19.3 Å². The first-order valence-corrected chi connectivity index (χ1v) is 5.66. The van der Waals surface area contributed by atoms with Crippen molar-refractivity contribution < 1.29 is 9.66 Å². The molecule has 0 aliphatic heterocycles. The van der Waals surface area contributed by atoms with E-state index in [2.05, 4.69) is 5.10 Å². The van der Waals surface area contributed by atoms with Crippen LogP contribution in [0.2, 0.25) is 0 Å². The van der Waals surface area contributed by atoms with Gasteiger partial charge >= 0.3 is 11.6 Å². The monoisotopic (exact) mass is 240 g/mol. The third-order valence-corrected chi connectivity index (χ3v) is 3.13. The molecular weight excluding hydrogens is 224 g/mol. The second-order valence-corrected chi connectivity index (χ2v) is 4.33. The second kappa shape index (κ2) is 4.70. The van der Waals surface area contributed by atoms with Gasteiger partial charge < -0.3 is 10.5 Å². The van der Waals surface area contributed by atoms with Gasteiger partial charge in [0, 0.05) is 13.0 Å². The molecule has 0 spiro atoms. The topological polar surface area (TPSA) is 96.2 Å². The molecule has 2 N–H and O–H groups in total. The van der Waals surface area contributed by atoms with Crippen LogP contribution in [0.3, 0.4) is 0 Å². The summed E-state index contributed by atoms with van der Waals surface area (Å²) in [7, 11) is 1.63. The zero-order valence-electron chi connectivity index (χ0n) is 9.70. The lowest BCUT2D eigenvalue weighted by Gasteiger charge is -2.17. The zero-order chi connectivity index (χ0) is 12.4. The molecule has 1 aromatic rings. The summed E-state index contributed by atoms with van der Waals surface area (Å²) in [5.41, 5.74) is 5.55. The molecule has 2 unspecified atom stereocenters. The van der Waals surface area contributed by atoms with Gasteiger partial charge in [-0.3, -0.25) is 14.8 Å². The fourth-order valence-electron chi connectivity index (χ4n) is 2.24. The predicted octanol–water partition coefficient (Wildman–Crippen LogP) is 0.834. The molecular formula is C10H16N4O3. The Labute approximate surface area is 98.7 Å². The van der Waals surface area contributed by atoms with E-state index in [-0.39, 0.29) is 23.6 Å². The molecule has 7 heteroatoms. The number of rotatable bonds is 4. The van der Waals surface area contributed by atoms with Crippen LogP contribution in [-0.2, 0) is 7.05 Å². The number of nitro groups is 1. The molecule has 1 heterocycles. The molecule has 1 aromatic heterocycles. The van der Waals surface area contributed by atoms with E-state index in [4.69, 9.17) is 10.5 Å².